The summed E-state index contributed by atoms with van der Waals surface area (Å²) in [5, 5.41) is 3.84. The van der Waals surface area contributed by atoms with Crippen LogP contribution in [0.5, 0.6) is 0 Å². The fourth-order valence-electron chi connectivity index (χ4n) is 5.04. The van der Waals surface area contributed by atoms with Crippen LogP contribution in [-0.2, 0) is 22.1 Å². The van der Waals surface area contributed by atoms with Gasteiger partial charge in [-0.05, 0) is 75.9 Å². The molecule has 2 aromatic carbocycles. The Balaban J connectivity index is 1.65. The van der Waals surface area contributed by atoms with Crippen molar-refractivity contribution in [2.24, 2.45) is 0 Å². The van der Waals surface area contributed by atoms with Gasteiger partial charge < -0.3 is 19.7 Å². The van der Waals surface area contributed by atoms with E-state index >= 15 is 0 Å². The Morgan fingerprint density at radius 1 is 1.10 bits per heavy atom. The summed E-state index contributed by atoms with van der Waals surface area (Å²) < 4.78 is 42.8. The van der Waals surface area contributed by atoms with Gasteiger partial charge in [0.1, 0.15) is 5.82 Å². The van der Waals surface area contributed by atoms with Crippen molar-refractivity contribution in [1.29, 1.82) is 0 Å². The summed E-state index contributed by atoms with van der Waals surface area (Å²) in [6, 6.07) is 13.8. The second kappa shape index (κ2) is 13.0. The number of nitrogens with one attached hydrogen (secondary N) is 1. The Kier molecular flexibility index (Phi) is 9.74. The van der Waals surface area contributed by atoms with E-state index in [9.17, 15) is 12.8 Å². The van der Waals surface area contributed by atoms with Gasteiger partial charge in [-0.2, -0.15) is 0 Å². The predicted molar refractivity (Wildman–Crippen MR) is 158 cm³/mol. The summed E-state index contributed by atoms with van der Waals surface area (Å²) in [6.07, 6.45) is 6.83. The highest BCUT2D eigenvalue weighted by molar-refractivity contribution is 7.90. The summed E-state index contributed by atoms with van der Waals surface area (Å²) in [6.45, 7) is 3.75. The normalized spacial score (nSPS) is 14.5. The van der Waals surface area contributed by atoms with E-state index in [-0.39, 0.29) is 22.8 Å². The second-order valence-electron chi connectivity index (χ2n) is 10.6. The average Bonchev–Trinajstić information content (AvgIpc) is 3.32. The molecule has 0 saturated heterocycles. The fourth-order valence-corrected chi connectivity index (χ4v) is 6.84. The molecule has 210 valence electrons. The van der Waals surface area contributed by atoms with E-state index in [4.69, 9.17) is 12.2 Å². The van der Waals surface area contributed by atoms with E-state index in [0.717, 1.165) is 55.5 Å². The number of sulfone groups is 1. The van der Waals surface area contributed by atoms with Gasteiger partial charge in [0.2, 0.25) is 15.0 Å². The molecule has 0 radical (unpaired) electrons. The molecule has 1 heterocycles. The highest BCUT2D eigenvalue weighted by Crippen LogP contribution is 2.33. The van der Waals surface area contributed by atoms with Gasteiger partial charge in [-0.15, -0.1) is 0 Å². The van der Waals surface area contributed by atoms with Crippen LogP contribution in [0.15, 0.2) is 59.9 Å². The minimum Gasteiger partial charge on any atom is -0.342 e. The molecule has 0 aliphatic heterocycles. The van der Waals surface area contributed by atoms with Crippen LogP contribution in [0.1, 0.15) is 55.0 Å². The number of imidazole rings is 1. The van der Waals surface area contributed by atoms with Crippen molar-refractivity contribution in [1.82, 2.24) is 19.4 Å². The van der Waals surface area contributed by atoms with Gasteiger partial charge in [0.25, 0.3) is 0 Å². The monoisotopic (exact) mass is 571 g/mol. The third kappa shape index (κ3) is 7.86. The van der Waals surface area contributed by atoms with Gasteiger partial charge in [0, 0.05) is 24.8 Å². The summed E-state index contributed by atoms with van der Waals surface area (Å²) in [5.74, 6) is -0.404. The first kappa shape index (κ1) is 29.2. The summed E-state index contributed by atoms with van der Waals surface area (Å²) in [5.41, 5.74) is 3.30. The van der Waals surface area contributed by atoms with Crippen LogP contribution in [0.2, 0.25) is 0 Å². The Labute approximate surface area is 237 Å². The molecule has 1 fully saturated rings. The maximum absolute atomic E-state index is 13.7. The summed E-state index contributed by atoms with van der Waals surface area (Å²) in [4.78, 5) is 8.61. The molecule has 0 spiro atoms. The molecule has 0 unspecified atom stereocenters. The van der Waals surface area contributed by atoms with Crippen molar-refractivity contribution < 1.29 is 12.8 Å². The number of hydrogen-bond acceptors (Lipinski definition) is 5. The lowest BCUT2D eigenvalue weighted by Crippen LogP contribution is -2.39. The quantitative estimate of drug-likeness (QED) is 0.319. The van der Waals surface area contributed by atoms with E-state index in [0.29, 0.717) is 23.9 Å². The van der Waals surface area contributed by atoms with Crippen molar-refractivity contribution >= 4 is 32.9 Å². The van der Waals surface area contributed by atoms with Crippen LogP contribution in [0, 0.1) is 12.7 Å². The fraction of sp³-hybridized carbons (Fsp3) is 0.448. The number of thiocarbonyl (C=S) groups is 1. The summed E-state index contributed by atoms with van der Waals surface area (Å²) in [7, 11) is 0.311. The average molecular weight is 572 g/mol. The van der Waals surface area contributed by atoms with Gasteiger partial charge in [-0.1, -0.05) is 49.1 Å². The van der Waals surface area contributed by atoms with Crippen molar-refractivity contribution in [2.45, 2.75) is 62.5 Å². The van der Waals surface area contributed by atoms with Crippen molar-refractivity contribution in [2.75, 3.05) is 32.5 Å². The van der Waals surface area contributed by atoms with Crippen molar-refractivity contribution in [3.63, 3.8) is 0 Å². The van der Waals surface area contributed by atoms with Gasteiger partial charge in [0.05, 0.1) is 24.2 Å². The Morgan fingerprint density at radius 2 is 1.82 bits per heavy atom. The second-order valence-corrected chi connectivity index (χ2v) is 12.9. The topological polar surface area (TPSA) is 70.5 Å². The van der Waals surface area contributed by atoms with Crippen molar-refractivity contribution in [3.8, 4) is 0 Å². The molecule has 1 N–H and O–H groups in total. The Hall–Kier alpha value is -2.82. The lowest BCUT2D eigenvalue weighted by molar-refractivity contribution is 0.298. The summed E-state index contributed by atoms with van der Waals surface area (Å²) >= 11 is 5.77. The highest BCUT2D eigenvalue weighted by Gasteiger charge is 2.30. The molecule has 3 aromatic rings. The maximum atomic E-state index is 13.7. The van der Waals surface area contributed by atoms with E-state index in [2.05, 4.69) is 15.2 Å². The molecule has 1 aliphatic carbocycles. The molecule has 0 atom stereocenters. The molecular formula is C29H38FN5O2S2. The number of likely N-dealkylation sites (N-methyl/N-ethyl adjacent to an activating group) is 1. The SMILES string of the molecule is Cc1cccc(CS(=O)(=O)c2ncc(CN(CCN(C)C)C(=S)Nc3ccc(F)cc3)n2C2CCCCC2)c1. The van der Waals surface area contributed by atoms with Gasteiger partial charge in [-0.3, -0.25) is 0 Å². The standard InChI is InChI=1S/C29H38FN5O2S2/c1-22-8-7-9-23(18-22)21-39(36,37)29-31-19-27(35(29)26-10-5-4-6-11-26)20-34(17-16-33(2)3)28(38)32-25-14-12-24(30)13-15-25/h7-9,12-15,18-19,26H,4-6,10-11,16-17,20-21H2,1-3H3,(H,32,38). The molecule has 4 rings (SSSR count). The Morgan fingerprint density at radius 3 is 2.49 bits per heavy atom. The third-order valence-corrected chi connectivity index (χ3v) is 8.98. The van der Waals surface area contributed by atoms with Crippen LogP contribution >= 0.6 is 12.2 Å². The van der Waals surface area contributed by atoms with Crippen LogP contribution < -0.4 is 5.32 Å². The van der Waals surface area contributed by atoms with Crippen LogP contribution in [0.3, 0.4) is 0 Å². The van der Waals surface area contributed by atoms with Gasteiger partial charge in [0.15, 0.2) is 5.11 Å². The van der Waals surface area contributed by atoms with Gasteiger partial charge >= 0.3 is 0 Å². The number of aromatic nitrogens is 2. The number of nitrogens with zero attached hydrogens (tertiary/aromatic N) is 4. The number of anilines is 1. The lowest BCUT2D eigenvalue weighted by atomic mass is 9.95. The number of benzene rings is 2. The minimum atomic E-state index is -3.68. The zero-order valence-corrected chi connectivity index (χ0v) is 24.6. The zero-order valence-electron chi connectivity index (χ0n) is 22.9. The lowest BCUT2D eigenvalue weighted by Gasteiger charge is -2.30. The highest BCUT2D eigenvalue weighted by atomic mass is 32.2. The third-order valence-electron chi connectivity index (χ3n) is 7.05. The van der Waals surface area contributed by atoms with E-state index in [1.807, 2.05) is 54.8 Å². The smallest absolute Gasteiger partial charge is 0.228 e. The molecule has 7 nitrogen and oxygen atoms in total. The maximum Gasteiger partial charge on any atom is 0.228 e. The predicted octanol–water partition coefficient (Wildman–Crippen LogP) is 5.57. The zero-order chi connectivity index (χ0) is 28.0. The minimum absolute atomic E-state index is 0.0767. The van der Waals surface area contributed by atoms with Crippen molar-refractivity contribution in [3.05, 3.63) is 77.4 Å². The first-order valence-corrected chi connectivity index (χ1v) is 15.5. The van der Waals surface area contributed by atoms with Crippen LogP contribution in [0.4, 0.5) is 10.1 Å². The molecule has 1 aromatic heterocycles. The number of halogens is 1. The molecule has 0 bridgehead atoms. The molecule has 1 saturated carbocycles. The van der Waals surface area contributed by atoms with Gasteiger partial charge in [-0.25, -0.2) is 17.8 Å². The first-order valence-electron chi connectivity index (χ1n) is 13.4. The van der Waals surface area contributed by atoms with E-state index in [1.165, 1.54) is 12.1 Å². The molecule has 39 heavy (non-hydrogen) atoms. The number of hydrogen-bond donors (Lipinski definition) is 1. The van der Waals surface area contributed by atoms with Crippen LogP contribution in [-0.4, -0.2) is 60.1 Å². The molecule has 0 amide bonds. The first-order chi connectivity index (χ1) is 18.6. The molecule has 10 heteroatoms. The number of aryl methyl sites for hydroxylation is 1. The van der Waals surface area contributed by atoms with Crippen LogP contribution in [0.25, 0.3) is 0 Å². The van der Waals surface area contributed by atoms with E-state index < -0.39 is 9.84 Å². The molecule has 1 aliphatic rings. The number of rotatable bonds is 10. The van der Waals surface area contributed by atoms with E-state index in [1.54, 1.807) is 18.3 Å². The largest absolute Gasteiger partial charge is 0.342 e. The molecular weight excluding hydrogens is 533 g/mol. The Bertz CT molecular complexity index is 1370.